The third-order valence-corrected chi connectivity index (χ3v) is 9.70. The smallest absolute Gasteiger partial charge is 0.333 e. The summed E-state index contributed by atoms with van der Waals surface area (Å²) in [5, 5.41) is 13.5. The van der Waals surface area contributed by atoms with Crippen molar-refractivity contribution in [2.75, 3.05) is 12.4 Å². The monoisotopic (exact) mass is 536 g/mol. The van der Waals surface area contributed by atoms with Crippen molar-refractivity contribution in [2.24, 2.45) is 0 Å². The molecule has 11 heteroatoms. The largest absolute Gasteiger partial charge is 0.481 e. The minimum atomic E-state index is -4.11. The molecule has 0 saturated carbocycles. The Morgan fingerprint density at radius 1 is 1.17 bits per heavy atom. The molecule has 2 aliphatic rings. The molecule has 3 N–H and O–H groups in total. The third-order valence-electron chi connectivity index (χ3n) is 6.70. The number of urea groups is 1. The maximum absolute atomic E-state index is 13.1. The number of anilines is 1. The molecule has 185 valence electrons. The molecule has 2 aliphatic carbocycles. The summed E-state index contributed by atoms with van der Waals surface area (Å²) >= 11 is 1.11. The number of hydrogen-bond donors (Lipinski definition) is 3. The molecule has 1 unspecified atom stereocenters. The van der Waals surface area contributed by atoms with E-state index in [9.17, 15) is 18.3 Å². The van der Waals surface area contributed by atoms with E-state index >= 15 is 0 Å². The number of hydrogen-bond acceptors (Lipinski definition) is 7. The first-order valence-corrected chi connectivity index (χ1v) is 13.8. The number of carbonyl (C=O) groups excluding carboxylic acids is 1. The van der Waals surface area contributed by atoms with Crippen LogP contribution in [0.3, 0.4) is 0 Å². The van der Waals surface area contributed by atoms with Gasteiger partial charge in [-0.1, -0.05) is 12.1 Å². The summed E-state index contributed by atoms with van der Waals surface area (Å²) in [7, 11) is -2.57. The number of aryl methyl sites for hydroxylation is 2. The van der Waals surface area contributed by atoms with Crippen molar-refractivity contribution < 1.29 is 23.1 Å². The Labute approximate surface area is 236 Å². The van der Waals surface area contributed by atoms with Crippen molar-refractivity contribution in [1.82, 2.24) is 9.71 Å². The fourth-order valence-electron chi connectivity index (χ4n) is 4.96. The molecule has 2 aromatic heterocycles. The van der Waals surface area contributed by atoms with Gasteiger partial charge in [0.25, 0.3) is 10.0 Å². The van der Waals surface area contributed by atoms with Gasteiger partial charge in [-0.2, -0.15) is 0 Å². The van der Waals surface area contributed by atoms with E-state index in [-0.39, 0.29) is 33.8 Å². The molecule has 1 aromatic carbocycles. The van der Waals surface area contributed by atoms with Gasteiger partial charge in [0.05, 0.1) is 18.4 Å². The number of benzene rings is 1. The molecular weight excluding hydrogens is 509 g/mol. The summed E-state index contributed by atoms with van der Waals surface area (Å²) in [6, 6.07) is 8.24. The first-order chi connectivity index (χ1) is 16.7. The number of nitrogens with zero attached hydrogens (tertiary/aromatic N) is 1. The quantitative estimate of drug-likeness (QED) is 0.425. The number of methoxy groups -OCH3 is 1. The van der Waals surface area contributed by atoms with E-state index in [1.165, 1.54) is 13.2 Å². The average Bonchev–Trinajstić information content (AvgIpc) is 3.47. The molecule has 3 aromatic rings. The number of fused-ring (bicyclic) bond motifs is 2. The minimum absolute atomic E-state index is 0. The Kier molecular flexibility index (Phi) is 7.85. The van der Waals surface area contributed by atoms with Gasteiger partial charge in [0.1, 0.15) is 4.21 Å². The number of rotatable bonds is 5. The Hall–Kier alpha value is -1.95. The Morgan fingerprint density at radius 3 is 2.72 bits per heavy atom. The molecule has 0 spiro atoms. The second-order valence-corrected chi connectivity index (χ2v) is 12.2. The molecule has 36 heavy (non-hydrogen) atoms. The second kappa shape index (κ2) is 10.4. The fourth-order valence-corrected chi connectivity index (χ4v) is 7.54. The number of carbonyl (C=O) groups is 1. The molecule has 1 radical (unpaired) electrons. The molecule has 2 amide bonds. The van der Waals surface area contributed by atoms with Crippen molar-refractivity contribution in [2.45, 2.75) is 55.3 Å². The normalized spacial score (nSPS) is 18.5. The Balaban J connectivity index is 0.00000304. The van der Waals surface area contributed by atoms with Crippen LogP contribution >= 0.6 is 11.3 Å². The number of aliphatic hydroxyl groups is 1. The summed E-state index contributed by atoms with van der Waals surface area (Å²) in [4.78, 5) is 18.0. The van der Waals surface area contributed by atoms with Crippen LogP contribution in [0, 0.1) is 0 Å². The van der Waals surface area contributed by atoms with Gasteiger partial charge in [-0.15, -0.1) is 11.3 Å². The molecule has 0 saturated heterocycles. The molecule has 5 rings (SSSR count). The van der Waals surface area contributed by atoms with Crippen LogP contribution in [0.15, 0.2) is 40.7 Å². The molecule has 8 nitrogen and oxygen atoms in total. The number of thiophene rings is 1. The molecule has 0 bridgehead atoms. The molecular formula is C25H27N3NaO5S2. The van der Waals surface area contributed by atoms with Crippen LogP contribution in [-0.4, -0.2) is 61.2 Å². The molecule has 1 atom stereocenters. The Morgan fingerprint density at radius 2 is 1.97 bits per heavy atom. The summed E-state index contributed by atoms with van der Waals surface area (Å²) < 4.78 is 33.6. The first kappa shape index (κ1) is 27.1. The minimum Gasteiger partial charge on any atom is -0.481 e. The summed E-state index contributed by atoms with van der Waals surface area (Å²) in [6.45, 7) is 1.69. The van der Waals surface area contributed by atoms with Gasteiger partial charge in [0, 0.05) is 52.3 Å². The SMILES string of the molecule is COc1cc(-c2ccc3c(c2NC(=O)NS(=O)(=O)c2cc4c(s2)CCCC4(C)O)CCC3)ccn1.[Na]. The maximum Gasteiger partial charge on any atom is 0.333 e. The van der Waals surface area contributed by atoms with E-state index in [1.807, 2.05) is 18.2 Å². The van der Waals surface area contributed by atoms with Crippen molar-refractivity contribution >= 4 is 62.6 Å². The van der Waals surface area contributed by atoms with Crippen molar-refractivity contribution in [3.05, 3.63) is 58.1 Å². The van der Waals surface area contributed by atoms with Crippen LogP contribution in [0.25, 0.3) is 11.1 Å². The van der Waals surface area contributed by atoms with Crippen LogP contribution in [0.1, 0.15) is 47.8 Å². The number of ether oxygens (including phenoxy) is 1. The first-order valence-electron chi connectivity index (χ1n) is 11.5. The number of amides is 2. The topological polar surface area (TPSA) is 118 Å². The van der Waals surface area contributed by atoms with Crippen LogP contribution in [0.4, 0.5) is 10.5 Å². The third kappa shape index (κ3) is 5.20. The summed E-state index contributed by atoms with van der Waals surface area (Å²) in [5.74, 6) is 0.443. The van der Waals surface area contributed by atoms with Gasteiger partial charge in [-0.05, 0) is 79.8 Å². The molecule has 0 aliphatic heterocycles. The van der Waals surface area contributed by atoms with Crippen molar-refractivity contribution in [1.29, 1.82) is 0 Å². The summed E-state index contributed by atoms with van der Waals surface area (Å²) in [5.41, 5.74) is 3.87. The van der Waals surface area contributed by atoms with Gasteiger partial charge in [0.2, 0.25) is 5.88 Å². The van der Waals surface area contributed by atoms with Gasteiger partial charge >= 0.3 is 6.03 Å². The average molecular weight is 537 g/mol. The number of sulfonamides is 1. The van der Waals surface area contributed by atoms with E-state index in [2.05, 4.69) is 15.0 Å². The van der Waals surface area contributed by atoms with Crippen molar-refractivity contribution in [3.63, 3.8) is 0 Å². The van der Waals surface area contributed by atoms with Gasteiger partial charge in [-0.3, -0.25) is 0 Å². The van der Waals surface area contributed by atoms with Crippen LogP contribution in [0.2, 0.25) is 0 Å². The molecule has 0 fully saturated rings. The zero-order valence-corrected chi connectivity index (χ0v) is 24.2. The van der Waals surface area contributed by atoms with E-state index in [4.69, 9.17) is 4.74 Å². The fraction of sp³-hybridized carbons (Fsp3) is 0.360. The number of aromatic nitrogens is 1. The standard InChI is InChI=1S/C25H27N3O5S2.Na/c1-25(30)11-4-7-20-19(25)14-22(34-20)35(31,32)28-24(29)27-23-17-6-3-5-15(17)8-9-18(23)16-10-12-26-21(13-16)33-2;/h8-10,12-14,30H,3-7,11H2,1-2H3,(H2,27,28,29);. The van der Waals surface area contributed by atoms with E-state index in [0.717, 1.165) is 64.2 Å². The zero-order valence-electron chi connectivity index (χ0n) is 20.6. The van der Waals surface area contributed by atoms with E-state index in [0.29, 0.717) is 30.0 Å². The van der Waals surface area contributed by atoms with Gasteiger partial charge < -0.3 is 15.2 Å². The van der Waals surface area contributed by atoms with Crippen LogP contribution < -0.4 is 14.8 Å². The predicted molar refractivity (Wildman–Crippen MR) is 140 cm³/mol. The van der Waals surface area contributed by atoms with Gasteiger partial charge in [0.15, 0.2) is 0 Å². The van der Waals surface area contributed by atoms with Gasteiger partial charge in [-0.25, -0.2) is 22.9 Å². The van der Waals surface area contributed by atoms with Crippen molar-refractivity contribution in [3.8, 4) is 17.0 Å². The van der Waals surface area contributed by atoms with Crippen LogP contribution in [-0.2, 0) is 34.9 Å². The Bertz CT molecular complexity index is 1420. The maximum atomic E-state index is 13.1. The number of pyridine rings is 1. The summed E-state index contributed by atoms with van der Waals surface area (Å²) in [6.07, 6.45) is 6.37. The molecule has 2 heterocycles. The second-order valence-electron chi connectivity index (χ2n) is 9.16. The van der Waals surface area contributed by atoms with E-state index < -0.39 is 21.7 Å². The van der Waals surface area contributed by atoms with E-state index in [1.54, 1.807) is 19.2 Å². The predicted octanol–water partition coefficient (Wildman–Crippen LogP) is 3.98. The van der Waals surface area contributed by atoms with Crippen LogP contribution in [0.5, 0.6) is 5.88 Å². The zero-order chi connectivity index (χ0) is 24.8. The number of nitrogens with one attached hydrogen (secondary N) is 2.